The number of carbonyl (C=O) groups is 1. The van der Waals surface area contributed by atoms with Crippen LogP contribution < -0.4 is 5.32 Å². The molecule has 0 aliphatic rings. The molecule has 92 valence electrons. The van der Waals surface area contributed by atoms with E-state index in [0.717, 1.165) is 5.56 Å². The van der Waals surface area contributed by atoms with Crippen molar-refractivity contribution < 1.29 is 9.90 Å². The van der Waals surface area contributed by atoms with Crippen LogP contribution in [0.5, 0.6) is 0 Å². The zero-order valence-corrected chi connectivity index (χ0v) is 10.1. The summed E-state index contributed by atoms with van der Waals surface area (Å²) < 4.78 is 0. The van der Waals surface area contributed by atoms with Gasteiger partial charge in [0.25, 0.3) is 0 Å². The van der Waals surface area contributed by atoms with Crippen molar-refractivity contribution in [3.63, 3.8) is 0 Å². The molecule has 0 unspecified atom stereocenters. The Balaban J connectivity index is 2.10. The number of nitrogens with zero attached hydrogens (tertiary/aromatic N) is 2. The predicted octanol–water partition coefficient (Wildman–Crippen LogP) is 2.44. The Labute approximate surface area is 108 Å². The van der Waals surface area contributed by atoms with Crippen molar-refractivity contribution in [3.05, 3.63) is 52.9 Å². The van der Waals surface area contributed by atoms with Crippen molar-refractivity contribution in [1.82, 2.24) is 9.97 Å². The first-order valence-corrected chi connectivity index (χ1v) is 5.57. The third-order valence-corrected chi connectivity index (χ3v) is 2.53. The van der Waals surface area contributed by atoms with E-state index in [-0.39, 0.29) is 11.5 Å². The van der Waals surface area contributed by atoms with E-state index in [2.05, 4.69) is 15.3 Å². The number of aromatic nitrogens is 2. The number of carboxylic acid groups (broad SMARTS) is 1. The minimum Gasteiger partial charge on any atom is -0.476 e. The molecule has 0 saturated carbocycles. The van der Waals surface area contributed by atoms with E-state index in [1.54, 1.807) is 12.1 Å². The van der Waals surface area contributed by atoms with E-state index in [9.17, 15) is 4.79 Å². The summed E-state index contributed by atoms with van der Waals surface area (Å²) in [5.41, 5.74) is 0.882. The van der Waals surface area contributed by atoms with E-state index in [1.807, 2.05) is 12.1 Å². The molecule has 2 N–H and O–H groups in total. The number of halogens is 1. The molecule has 0 aliphatic carbocycles. The van der Waals surface area contributed by atoms with Gasteiger partial charge in [-0.3, -0.25) is 0 Å². The van der Waals surface area contributed by atoms with Crippen LogP contribution in [-0.4, -0.2) is 21.0 Å². The smallest absolute Gasteiger partial charge is 0.358 e. The zero-order valence-electron chi connectivity index (χ0n) is 9.30. The van der Waals surface area contributed by atoms with Crippen LogP contribution in [0, 0.1) is 0 Å². The maximum atomic E-state index is 10.9. The Morgan fingerprint density at radius 2 is 1.89 bits per heavy atom. The second kappa shape index (κ2) is 5.46. The lowest BCUT2D eigenvalue weighted by atomic mass is 10.2. The van der Waals surface area contributed by atoms with Gasteiger partial charge < -0.3 is 10.4 Å². The lowest BCUT2D eigenvalue weighted by molar-refractivity contribution is 0.0691. The molecule has 0 bridgehead atoms. The van der Waals surface area contributed by atoms with Crippen LogP contribution in [0.2, 0.25) is 5.02 Å². The van der Waals surface area contributed by atoms with Crippen molar-refractivity contribution in [3.8, 4) is 0 Å². The summed E-state index contributed by atoms with van der Waals surface area (Å²) in [6.07, 6.45) is 2.79. The van der Waals surface area contributed by atoms with Gasteiger partial charge in [-0.1, -0.05) is 23.7 Å². The maximum Gasteiger partial charge on any atom is 0.358 e. The number of rotatable bonds is 4. The standard InChI is InChI=1S/C12H10ClN3O2/c13-9-3-1-8(2-4-9)7-16-11-10(12(17)18)14-5-6-15-11/h1-6H,7H2,(H,15,16)(H,17,18). The zero-order chi connectivity index (χ0) is 13.0. The van der Waals surface area contributed by atoms with Crippen LogP contribution in [0.4, 0.5) is 5.82 Å². The summed E-state index contributed by atoms with van der Waals surface area (Å²) >= 11 is 5.78. The van der Waals surface area contributed by atoms with Gasteiger partial charge in [0.15, 0.2) is 11.5 Å². The molecule has 0 amide bonds. The second-order valence-corrected chi connectivity index (χ2v) is 3.98. The Hall–Kier alpha value is -2.14. The normalized spacial score (nSPS) is 10.1. The summed E-state index contributed by atoms with van der Waals surface area (Å²) in [4.78, 5) is 18.6. The van der Waals surface area contributed by atoms with Crippen LogP contribution in [-0.2, 0) is 6.54 Å². The highest BCUT2D eigenvalue weighted by molar-refractivity contribution is 6.30. The molecule has 0 aliphatic heterocycles. The van der Waals surface area contributed by atoms with Crippen LogP contribution in [0.15, 0.2) is 36.7 Å². The molecule has 0 fully saturated rings. The SMILES string of the molecule is O=C(O)c1nccnc1NCc1ccc(Cl)cc1. The van der Waals surface area contributed by atoms with Gasteiger partial charge >= 0.3 is 5.97 Å². The third kappa shape index (κ3) is 2.95. The Bertz CT molecular complexity index is 558. The highest BCUT2D eigenvalue weighted by Gasteiger charge is 2.11. The van der Waals surface area contributed by atoms with E-state index >= 15 is 0 Å². The molecule has 2 rings (SSSR count). The number of carboxylic acids is 1. The molecule has 1 aromatic heterocycles. The number of anilines is 1. The first-order chi connectivity index (χ1) is 8.66. The molecule has 5 nitrogen and oxygen atoms in total. The van der Waals surface area contributed by atoms with Crippen molar-refractivity contribution in [2.45, 2.75) is 6.54 Å². The van der Waals surface area contributed by atoms with E-state index < -0.39 is 5.97 Å². The fourth-order valence-electron chi connectivity index (χ4n) is 1.41. The van der Waals surface area contributed by atoms with Crippen molar-refractivity contribution in [1.29, 1.82) is 0 Å². The van der Waals surface area contributed by atoms with Crippen molar-refractivity contribution >= 4 is 23.4 Å². The highest BCUT2D eigenvalue weighted by atomic mass is 35.5. The molecule has 0 atom stereocenters. The topological polar surface area (TPSA) is 75.1 Å². The van der Waals surface area contributed by atoms with E-state index in [0.29, 0.717) is 11.6 Å². The highest BCUT2D eigenvalue weighted by Crippen LogP contribution is 2.13. The van der Waals surface area contributed by atoms with Gasteiger partial charge in [-0.05, 0) is 17.7 Å². The quantitative estimate of drug-likeness (QED) is 0.886. The molecule has 0 radical (unpaired) electrons. The molecular formula is C12H10ClN3O2. The summed E-state index contributed by atoms with van der Waals surface area (Å²) in [5.74, 6) is -0.860. The minimum atomic E-state index is -1.11. The van der Waals surface area contributed by atoms with E-state index in [4.69, 9.17) is 16.7 Å². The fourth-order valence-corrected chi connectivity index (χ4v) is 1.54. The average Bonchev–Trinajstić information content (AvgIpc) is 2.38. The molecule has 18 heavy (non-hydrogen) atoms. The van der Waals surface area contributed by atoms with Gasteiger partial charge in [-0.25, -0.2) is 14.8 Å². The Kier molecular flexibility index (Phi) is 3.74. The van der Waals surface area contributed by atoms with Gasteiger partial charge in [-0.15, -0.1) is 0 Å². The molecule has 2 aromatic rings. The van der Waals surface area contributed by atoms with Gasteiger partial charge in [0, 0.05) is 24.0 Å². The summed E-state index contributed by atoms with van der Waals surface area (Å²) in [7, 11) is 0. The predicted molar refractivity (Wildman–Crippen MR) is 67.8 cm³/mol. The number of aromatic carboxylic acids is 1. The average molecular weight is 264 g/mol. The van der Waals surface area contributed by atoms with Crippen molar-refractivity contribution in [2.24, 2.45) is 0 Å². The lowest BCUT2D eigenvalue weighted by Crippen LogP contribution is -2.10. The van der Waals surface area contributed by atoms with Crippen LogP contribution in [0.1, 0.15) is 16.1 Å². The van der Waals surface area contributed by atoms with Gasteiger partial charge in [0.1, 0.15) is 0 Å². The molecule has 0 spiro atoms. The largest absolute Gasteiger partial charge is 0.476 e. The van der Waals surface area contributed by atoms with Gasteiger partial charge in [-0.2, -0.15) is 0 Å². The Morgan fingerprint density at radius 1 is 1.22 bits per heavy atom. The second-order valence-electron chi connectivity index (χ2n) is 3.54. The van der Waals surface area contributed by atoms with Crippen LogP contribution >= 0.6 is 11.6 Å². The summed E-state index contributed by atoms with van der Waals surface area (Å²) in [6.45, 7) is 0.455. The molecule has 6 heteroatoms. The van der Waals surface area contributed by atoms with Crippen LogP contribution in [0.3, 0.4) is 0 Å². The summed E-state index contributed by atoms with van der Waals surface area (Å²) in [6, 6.07) is 7.25. The number of nitrogens with one attached hydrogen (secondary N) is 1. The summed E-state index contributed by atoms with van der Waals surface area (Å²) in [5, 5.41) is 12.5. The van der Waals surface area contributed by atoms with Gasteiger partial charge in [0.2, 0.25) is 0 Å². The van der Waals surface area contributed by atoms with E-state index in [1.165, 1.54) is 12.4 Å². The monoisotopic (exact) mass is 263 g/mol. The molecule has 1 heterocycles. The molecular weight excluding hydrogens is 254 g/mol. The number of benzene rings is 1. The Morgan fingerprint density at radius 3 is 2.56 bits per heavy atom. The first-order valence-electron chi connectivity index (χ1n) is 5.19. The lowest BCUT2D eigenvalue weighted by Gasteiger charge is -2.07. The molecule has 1 aromatic carbocycles. The van der Waals surface area contributed by atoms with Gasteiger partial charge in [0.05, 0.1) is 0 Å². The van der Waals surface area contributed by atoms with Crippen molar-refractivity contribution in [2.75, 3.05) is 5.32 Å². The minimum absolute atomic E-state index is 0.0912. The van der Waals surface area contributed by atoms with Crippen LogP contribution in [0.25, 0.3) is 0 Å². The maximum absolute atomic E-state index is 10.9. The fraction of sp³-hybridized carbons (Fsp3) is 0.0833. The molecule has 0 saturated heterocycles. The number of hydrogen-bond acceptors (Lipinski definition) is 4. The third-order valence-electron chi connectivity index (χ3n) is 2.27. The number of hydrogen-bond donors (Lipinski definition) is 2. The first kappa shape index (κ1) is 12.3.